The highest BCUT2D eigenvalue weighted by Crippen LogP contribution is 2.40. The zero-order valence-electron chi connectivity index (χ0n) is 19.7. The van der Waals surface area contributed by atoms with Crippen LogP contribution in [0.15, 0.2) is 47.4 Å². The van der Waals surface area contributed by atoms with Crippen molar-refractivity contribution in [3.05, 3.63) is 42.5 Å². The second-order valence-electron chi connectivity index (χ2n) is 8.57. The normalized spacial score (nSPS) is 17.9. The quantitative estimate of drug-likeness (QED) is 0.646. The van der Waals surface area contributed by atoms with Crippen molar-refractivity contribution in [2.24, 2.45) is 0 Å². The van der Waals surface area contributed by atoms with E-state index < -0.39 is 10.0 Å². The lowest BCUT2D eigenvalue weighted by Gasteiger charge is -2.45. The minimum Gasteiger partial charge on any atom is -0.494 e. The van der Waals surface area contributed by atoms with Gasteiger partial charge >= 0.3 is 0 Å². The first-order valence-electron chi connectivity index (χ1n) is 11.4. The Kier molecular flexibility index (Phi) is 6.81. The molecule has 0 aliphatic carbocycles. The molecule has 1 atom stereocenters. The number of ether oxygens (including phenoxy) is 1. The van der Waals surface area contributed by atoms with E-state index in [4.69, 9.17) is 4.74 Å². The fourth-order valence-corrected chi connectivity index (χ4v) is 5.34. The third kappa shape index (κ3) is 4.60. The predicted molar refractivity (Wildman–Crippen MR) is 131 cm³/mol. The Hall–Kier alpha value is -3.11. The average Bonchev–Trinajstić information content (AvgIpc) is 2.82. The standard InChI is InChI=1S/C24H30N4O5S/c1-4-33-18-10-8-17(9-11-18)25-23(29)16-28-22-15-19(34(31,32)26(2)3)12-13-20(22)27-14-6-5-7-21(27)24(28)30/h8-13,15,21H,4-7,14,16H2,1-3H3,(H,25,29)/t21-/m1/s1. The van der Waals surface area contributed by atoms with E-state index in [9.17, 15) is 18.0 Å². The number of benzene rings is 2. The van der Waals surface area contributed by atoms with E-state index in [1.165, 1.54) is 25.1 Å². The van der Waals surface area contributed by atoms with E-state index in [2.05, 4.69) is 5.32 Å². The monoisotopic (exact) mass is 486 g/mol. The number of carbonyl (C=O) groups is 2. The summed E-state index contributed by atoms with van der Waals surface area (Å²) < 4.78 is 32.0. The summed E-state index contributed by atoms with van der Waals surface area (Å²) in [4.78, 5) is 29.9. The molecule has 4 rings (SSSR count). The van der Waals surface area contributed by atoms with Crippen LogP contribution in [0.4, 0.5) is 17.1 Å². The third-order valence-electron chi connectivity index (χ3n) is 6.13. The molecule has 0 aromatic heterocycles. The molecule has 2 aliphatic heterocycles. The summed E-state index contributed by atoms with van der Waals surface area (Å²) in [6.07, 6.45) is 2.59. The molecule has 0 saturated carbocycles. The van der Waals surface area contributed by atoms with Crippen LogP contribution >= 0.6 is 0 Å². The molecule has 182 valence electrons. The molecule has 1 N–H and O–H groups in total. The van der Waals surface area contributed by atoms with Gasteiger partial charge in [0, 0.05) is 26.3 Å². The topological polar surface area (TPSA) is 99.3 Å². The minimum absolute atomic E-state index is 0.0800. The SMILES string of the molecule is CCOc1ccc(NC(=O)CN2C(=O)[C@H]3CCCCN3c3ccc(S(=O)(=O)N(C)C)cc32)cc1. The van der Waals surface area contributed by atoms with Crippen LogP contribution in [0.3, 0.4) is 0 Å². The van der Waals surface area contributed by atoms with Crippen molar-refractivity contribution in [3.8, 4) is 5.75 Å². The number of rotatable bonds is 7. The van der Waals surface area contributed by atoms with Gasteiger partial charge in [-0.15, -0.1) is 0 Å². The first-order valence-corrected chi connectivity index (χ1v) is 12.8. The first kappa shape index (κ1) is 24.0. The maximum atomic E-state index is 13.4. The summed E-state index contributed by atoms with van der Waals surface area (Å²) in [7, 11) is -0.780. The predicted octanol–water partition coefficient (Wildman–Crippen LogP) is 2.68. The molecule has 2 aromatic carbocycles. The van der Waals surface area contributed by atoms with Crippen molar-refractivity contribution < 1.29 is 22.7 Å². The number of fused-ring (bicyclic) bond motifs is 3. The van der Waals surface area contributed by atoms with Crippen LogP contribution in [0.1, 0.15) is 26.2 Å². The Morgan fingerprint density at radius 2 is 1.85 bits per heavy atom. The summed E-state index contributed by atoms with van der Waals surface area (Å²) in [6, 6.07) is 11.5. The fourth-order valence-electron chi connectivity index (χ4n) is 4.42. The molecule has 2 heterocycles. The summed E-state index contributed by atoms with van der Waals surface area (Å²) >= 11 is 0. The molecule has 1 saturated heterocycles. The number of piperidine rings is 1. The summed E-state index contributed by atoms with van der Waals surface area (Å²) in [5.74, 6) is 0.148. The molecule has 9 nitrogen and oxygen atoms in total. The van der Waals surface area contributed by atoms with Crippen LogP contribution in [-0.2, 0) is 19.6 Å². The lowest BCUT2D eigenvalue weighted by molar-refractivity contribution is -0.123. The molecule has 2 aliphatic rings. The Balaban J connectivity index is 1.64. The van der Waals surface area contributed by atoms with Gasteiger partial charge in [0.25, 0.3) is 0 Å². The number of sulfonamides is 1. The lowest BCUT2D eigenvalue weighted by Crippen LogP contribution is -2.56. The van der Waals surface area contributed by atoms with E-state index >= 15 is 0 Å². The van der Waals surface area contributed by atoms with Crippen molar-refractivity contribution in [3.63, 3.8) is 0 Å². The van der Waals surface area contributed by atoms with Crippen LogP contribution in [0.2, 0.25) is 0 Å². The van der Waals surface area contributed by atoms with Gasteiger partial charge in [0.05, 0.1) is 22.9 Å². The van der Waals surface area contributed by atoms with Gasteiger partial charge in [0.2, 0.25) is 21.8 Å². The van der Waals surface area contributed by atoms with Crippen LogP contribution in [0, 0.1) is 0 Å². The van der Waals surface area contributed by atoms with Crippen molar-refractivity contribution in [1.29, 1.82) is 0 Å². The van der Waals surface area contributed by atoms with E-state index in [1.807, 2.05) is 11.8 Å². The van der Waals surface area contributed by atoms with Crippen molar-refractivity contribution in [2.45, 2.75) is 37.1 Å². The Morgan fingerprint density at radius 3 is 2.53 bits per heavy atom. The van der Waals surface area contributed by atoms with Gasteiger partial charge in [-0.25, -0.2) is 12.7 Å². The maximum Gasteiger partial charge on any atom is 0.250 e. The zero-order valence-corrected chi connectivity index (χ0v) is 20.5. The van der Waals surface area contributed by atoms with Gasteiger partial charge in [-0.05, 0) is 68.7 Å². The molecule has 1 fully saturated rings. The highest BCUT2D eigenvalue weighted by molar-refractivity contribution is 7.89. The summed E-state index contributed by atoms with van der Waals surface area (Å²) in [6.45, 7) is 2.95. The van der Waals surface area contributed by atoms with Crippen LogP contribution < -0.4 is 19.9 Å². The Morgan fingerprint density at radius 1 is 1.12 bits per heavy atom. The smallest absolute Gasteiger partial charge is 0.250 e. The molecular formula is C24H30N4O5S. The van der Waals surface area contributed by atoms with Crippen molar-refractivity contribution in [1.82, 2.24) is 4.31 Å². The number of nitrogens with zero attached hydrogens (tertiary/aromatic N) is 3. The van der Waals surface area contributed by atoms with E-state index in [1.54, 1.807) is 36.4 Å². The van der Waals surface area contributed by atoms with Crippen LogP contribution in [-0.4, -0.2) is 64.4 Å². The van der Waals surface area contributed by atoms with E-state index in [-0.39, 0.29) is 29.3 Å². The summed E-state index contributed by atoms with van der Waals surface area (Å²) in [5.41, 5.74) is 1.80. The number of nitrogens with one attached hydrogen (secondary N) is 1. The number of carbonyl (C=O) groups excluding carboxylic acids is 2. The van der Waals surface area contributed by atoms with E-state index in [0.29, 0.717) is 30.2 Å². The highest BCUT2D eigenvalue weighted by Gasteiger charge is 2.40. The number of amides is 2. The summed E-state index contributed by atoms with van der Waals surface area (Å²) in [5, 5.41) is 2.82. The van der Waals surface area contributed by atoms with Gasteiger partial charge in [-0.3, -0.25) is 14.5 Å². The molecule has 2 aromatic rings. The Labute approximate surface area is 200 Å². The molecule has 0 radical (unpaired) electrons. The van der Waals surface area contributed by atoms with Gasteiger partial charge in [0.15, 0.2) is 0 Å². The largest absolute Gasteiger partial charge is 0.494 e. The fraction of sp³-hybridized carbons (Fsp3) is 0.417. The second kappa shape index (κ2) is 9.63. The van der Waals surface area contributed by atoms with Crippen LogP contribution in [0.5, 0.6) is 5.75 Å². The minimum atomic E-state index is -3.70. The van der Waals surface area contributed by atoms with Gasteiger partial charge in [-0.2, -0.15) is 0 Å². The number of anilines is 3. The Bertz CT molecular complexity index is 1180. The molecule has 0 spiro atoms. The first-order chi connectivity index (χ1) is 16.2. The second-order valence-corrected chi connectivity index (χ2v) is 10.7. The number of hydrogen-bond acceptors (Lipinski definition) is 6. The molecule has 10 heteroatoms. The van der Waals surface area contributed by atoms with E-state index in [0.717, 1.165) is 29.4 Å². The van der Waals surface area contributed by atoms with Crippen molar-refractivity contribution >= 4 is 38.9 Å². The molecule has 0 unspecified atom stereocenters. The van der Waals surface area contributed by atoms with Crippen molar-refractivity contribution in [2.75, 3.05) is 48.9 Å². The van der Waals surface area contributed by atoms with Gasteiger partial charge < -0.3 is 15.0 Å². The van der Waals surface area contributed by atoms with Gasteiger partial charge in [0.1, 0.15) is 18.3 Å². The average molecular weight is 487 g/mol. The zero-order chi connectivity index (χ0) is 24.5. The highest BCUT2D eigenvalue weighted by atomic mass is 32.2. The number of hydrogen-bond donors (Lipinski definition) is 1. The molecule has 34 heavy (non-hydrogen) atoms. The lowest BCUT2D eigenvalue weighted by atomic mass is 9.96. The molecular weight excluding hydrogens is 456 g/mol. The third-order valence-corrected chi connectivity index (χ3v) is 7.94. The van der Waals surface area contributed by atoms with Crippen LogP contribution in [0.25, 0.3) is 0 Å². The maximum absolute atomic E-state index is 13.4. The molecule has 2 amide bonds. The van der Waals surface area contributed by atoms with Gasteiger partial charge in [-0.1, -0.05) is 0 Å². The molecule has 0 bridgehead atoms.